The second-order valence-electron chi connectivity index (χ2n) is 7.23. The number of carbonyl (C=O) groups excluding carboxylic acids is 1. The minimum Gasteiger partial charge on any atom is -0.350 e. The van der Waals surface area contributed by atoms with Gasteiger partial charge >= 0.3 is 0 Å². The zero-order chi connectivity index (χ0) is 21.0. The summed E-state index contributed by atoms with van der Waals surface area (Å²) in [5, 5.41) is 6.71. The monoisotopic (exact) mass is 425 g/mol. The van der Waals surface area contributed by atoms with Crippen molar-refractivity contribution in [2.45, 2.75) is 30.7 Å². The van der Waals surface area contributed by atoms with Crippen LogP contribution in [0, 0.1) is 0 Å². The molecule has 1 aliphatic rings. The summed E-state index contributed by atoms with van der Waals surface area (Å²) in [7, 11) is -3.45. The number of nitrogens with one attached hydrogen (secondary N) is 1. The van der Waals surface area contributed by atoms with Crippen LogP contribution in [0.5, 0.6) is 0 Å². The van der Waals surface area contributed by atoms with Crippen LogP contribution in [0.4, 0.5) is 0 Å². The van der Waals surface area contributed by atoms with Crippen molar-refractivity contribution in [2.24, 2.45) is 0 Å². The van der Waals surface area contributed by atoms with Gasteiger partial charge < -0.3 is 9.84 Å². The molecule has 2 aromatic carbocycles. The van der Waals surface area contributed by atoms with E-state index in [0.29, 0.717) is 18.8 Å². The summed E-state index contributed by atoms with van der Waals surface area (Å²) in [5.41, 5.74) is 2.25. The van der Waals surface area contributed by atoms with E-state index in [0.717, 1.165) is 30.4 Å². The summed E-state index contributed by atoms with van der Waals surface area (Å²) in [6, 6.07) is 17.7. The van der Waals surface area contributed by atoms with E-state index in [1.807, 2.05) is 30.3 Å². The van der Waals surface area contributed by atoms with Crippen LogP contribution in [0.3, 0.4) is 0 Å². The molecule has 156 valence electrons. The van der Waals surface area contributed by atoms with Crippen LogP contribution in [0.1, 0.15) is 35.4 Å². The predicted octanol–water partition coefficient (Wildman–Crippen LogP) is 3.45. The highest BCUT2D eigenvalue weighted by molar-refractivity contribution is 7.89. The van der Waals surface area contributed by atoms with Crippen molar-refractivity contribution in [3.63, 3.8) is 0 Å². The standard InChI is InChI=1S/C22H23N3O4S/c26-22(21-15-20(24-29-21)18-7-3-1-4-8-18)23-16-17-9-11-19(12-10-17)30(27,28)25-13-5-2-6-14-25/h1,3-4,7-12,15H,2,5-6,13-14,16H2,(H,23,26). The molecule has 1 saturated heterocycles. The van der Waals surface area contributed by atoms with E-state index in [1.54, 1.807) is 34.6 Å². The Bertz CT molecular complexity index is 1100. The van der Waals surface area contributed by atoms with Gasteiger partial charge in [0.15, 0.2) is 0 Å². The third-order valence-corrected chi connectivity index (χ3v) is 7.05. The number of sulfonamides is 1. The first-order valence-corrected chi connectivity index (χ1v) is 11.4. The van der Waals surface area contributed by atoms with Crippen LogP contribution >= 0.6 is 0 Å². The summed E-state index contributed by atoms with van der Waals surface area (Å²) in [4.78, 5) is 12.6. The average Bonchev–Trinajstić information content (AvgIpc) is 3.29. The van der Waals surface area contributed by atoms with Gasteiger partial charge in [-0.25, -0.2) is 8.42 Å². The molecule has 1 aromatic heterocycles. The molecule has 7 nitrogen and oxygen atoms in total. The minimum atomic E-state index is -3.45. The third kappa shape index (κ3) is 4.44. The summed E-state index contributed by atoms with van der Waals surface area (Å²) in [6.07, 6.45) is 2.87. The molecule has 0 atom stereocenters. The van der Waals surface area contributed by atoms with Crippen molar-refractivity contribution in [3.05, 3.63) is 72.0 Å². The lowest BCUT2D eigenvalue weighted by Gasteiger charge is -2.25. The van der Waals surface area contributed by atoms with Gasteiger partial charge in [0.1, 0.15) is 5.69 Å². The molecule has 0 radical (unpaired) electrons. The first kappa shape index (κ1) is 20.3. The number of amides is 1. The van der Waals surface area contributed by atoms with Crippen LogP contribution in [0.2, 0.25) is 0 Å². The van der Waals surface area contributed by atoms with E-state index in [2.05, 4.69) is 10.5 Å². The number of rotatable bonds is 6. The highest BCUT2D eigenvalue weighted by Crippen LogP contribution is 2.21. The fourth-order valence-electron chi connectivity index (χ4n) is 3.43. The Morgan fingerprint density at radius 3 is 2.40 bits per heavy atom. The molecule has 4 rings (SSSR count). The van der Waals surface area contributed by atoms with Gasteiger partial charge in [0, 0.05) is 31.3 Å². The summed E-state index contributed by atoms with van der Waals surface area (Å²) in [6.45, 7) is 1.40. The van der Waals surface area contributed by atoms with Gasteiger partial charge in [0.25, 0.3) is 5.91 Å². The Morgan fingerprint density at radius 2 is 1.70 bits per heavy atom. The smallest absolute Gasteiger partial charge is 0.290 e. The zero-order valence-corrected chi connectivity index (χ0v) is 17.3. The fraction of sp³-hybridized carbons (Fsp3) is 0.273. The zero-order valence-electron chi connectivity index (χ0n) is 16.5. The maximum atomic E-state index is 12.7. The lowest BCUT2D eigenvalue weighted by Crippen LogP contribution is -2.35. The Kier molecular flexibility index (Phi) is 5.96. The number of hydrogen-bond donors (Lipinski definition) is 1. The molecular formula is C22H23N3O4S. The Labute approximate surface area is 175 Å². The molecular weight excluding hydrogens is 402 g/mol. The van der Waals surface area contributed by atoms with Gasteiger partial charge in [-0.2, -0.15) is 4.31 Å². The third-order valence-electron chi connectivity index (χ3n) is 5.13. The first-order chi connectivity index (χ1) is 14.5. The SMILES string of the molecule is O=C(NCc1ccc(S(=O)(=O)N2CCCCC2)cc1)c1cc(-c2ccccc2)no1. The molecule has 0 spiro atoms. The van der Waals surface area contributed by atoms with E-state index in [1.165, 1.54) is 0 Å². The quantitative estimate of drug-likeness (QED) is 0.653. The molecule has 30 heavy (non-hydrogen) atoms. The molecule has 2 heterocycles. The summed E-state index contributed by atoms with van der Waals surface area (Å²) >= 11 is 0. The maximum absolute atomic E-state index is 12.7. The van der Waals surface area contributed by atoms with Crippen LogP contribution in [0.15, 0.2) is 70.1 Å². The highest BCUT2D eigenvalue weighted by Gasteiger charge is 2.25. The largest absolute Gasteiger partial charge is 0.350 e. The van der Waals surface area contributed by atoms with Gasteiger partial charge in [-0.3, -0.25) is 4.79 Å². The molecule has 0 bridgehead atoms. The Balaban J connectivity index is 1.37. The van der Waals surface area contributed by atoms with E-state index in [9.17, 15) is 13.2 Å². The van der Waals surface area contributed by atoms with Gasteiger partial charge in [0.05, 0.1) is 4.90 Å². The molecule has 0 aliphatic carbocycles. The summed E-state index contributed by atoms with van der Waals surface area (Å²) in [5.74, 6) is -0.257. The topological polar surface area (TPSA) is 92.5 Å². The second kappa shape index (κ2) is 8.81. The molecule has 1 amide bonds. The fourth-order valence-corrected chi connectivity index (χ4v) is 4.95. The number of piperidine rings is 1. The van der Waals surface area contributed by atoms with Gasteiger partial charge in [-0.1, -0.05) is 54.0 Å². The van der Waals surface area contributed by atoms with Crippen LogP contribution < -0.4 is 5.32 Å². The van der Waals surface area contributed by atoms with Crippen LogP contribution in [0.25, 0.3) is 11.3 Å². The Morgan fingerprint density at radius 1 is 1.00 bits per heavy atom. The van der Waals surface area contributed by atoms with Gasteiger partial charge in [-0.15, -0.1) is 0 Å². The second-order valence-corrected chi connectivity index (χ2v) is 9.17. The van der Waals surface area contributed by atoms with Crippen molar-refractivity contribution >= 4 is 15.9 Å². The molecule has 0 saturated carbocycles. The van der Waals surface area contributed by atoms with Gasteiger partial charge in [-0.05, 0) is 30.5 Å². The van der Waals surface area contributed by atoms with E-state index >= 15 is 0 Å². The highest BCUT2D eigenvalue weighted by atomic mass is 32.2. The number of nitrogens with zero attached hydrogens (tertiary/aromatic N) is 2. The average molecular weight is 426 g/mol. The Hall–Kier alpha value is -2.97. The van der Waals surface area contributed by atoms with Crippen molar-refractivity contribution in [1.82, 2.24) is 14.8 Å². The van der Waals surface area contributed by atoms with E-state index < -0.39 is 10.0 Å². The molecule has 1 fully saturated rings. The number of aromatic nitrogens is 1. The minimum absolute atomic E-state index is 0.123. The molecule has 1 aliphatic heterocycles. The van der Waals surface area contributed by atoms with Crippen molar-refractivity contribution in [1.29, 1.82) is 0 Å². The number of hydrogen-bond acceptors (Lipinski definition) is 5. The van der Waals surface area contributed by atoms with Crippen LogP contribution in [-0.2, 0) is 16.6 Å². The van der Waals surface area contributed by atoms with Gasteiger partial charge in [0.2, 0.25) is 15.8 Å². The normalized spacial score (nSPS) is 15.1. The first-order valence-electron chi connectivity index (χ1n) is 9.93. The molecule has 0 unspecified atom stereocenters. The lowest BCUT2D eigenvalue weighted by atomic mass is 10.1. The number of benzene rings is 2. The molecule has 8 heteroatoms. The van der Waals surface area contributed by atoms with Crippen molar-refractivity contribution in [2.75, 3.05) is 13.1 Å². The maximum Gasteiger partial charge on any atom is 0.290 e. The molecule has 3 aromatic rings. The van der Waals surface area contributed by atoms with E-state index in [4.69, 9.17) is 4.52 Å². The lowest BCUT2D eigenvalue weighted by molar-refractivity contribution is 0.0914. The summed E-state index contributed by atoms with van der Waals surface area (Å²) < 4.78 is 32.1. The van der Waals surface area contributed by atoms with Crippen molar-refractivity contribution in [3.8, 4) is 11.3 Å². The molecule has 1 N–H and O–H groups in total. The van der Waals surface area contributed by atoms with E-state index in [-0.39, 0.29) is 23.1 Å². The van der Waals surface area contributed by atoms with Crippen LogP contribution in [-0.4, -0.2) is 36.9 Å². The predicted molar refractivity (Wildman–Crippen MR) is 112 cm³/mol. The number of carbonyl (C=O) groups is 1. The van der Waals surface area contributed by atoms with Crippen molar-refractivity contribution < 1.29 is 17.7 Å².